The molecule has 0 N–H and O–H groups in total. The molecule has 2 aromatic heterocycles. The molecule has 0 radical (unpaired) electrons. The number of aromatic nitrogens is 3. The Bertz CT molecular complexity index is 1420. The van der Waals surface area contributed by atoms with Crippen LogP contribution in [0.1, 0.15) is 58.8 Å². The lowest BCUT2D eigenvalue weighted by molar-refractivity contribution is -0.151. The molecule has 1 aromatic carbocycles. The standard InChI is InChI=1S/C30H38ClN5O4/c1-3-5-6-16-35-26(18-27(37)36-20-24(32-30(35)36)21-11-13-23(31)14-12-21)34-17-8-10-25(34)28(38)33-15-7-9-22(19-33)29(39)40-4-2/h11-14,18,20,22,25H,3-10,15-17,19H2,1-2H3/t22?,25-/m0/s1. The number of rotatable bonds is 9. The minimum Gasteiger partial charge on any atom is -0.466 e. The number of anilines is 1. The second-order valence-electron chi connectivity index (χ2n) is 10.7. The number of nitrogens with zero attached hydrogens (tertiary/aromatic N) is 5. The molecule has 0 bridgehead atoms. The molecule has 214 valence electrons. The van der Waals surface area contributed by atoms with Gasteiger partial charge in [0.2, 0.25) is 11.7 Å². The highest BCUT2D eigenvalue weighted by Crippen LogP contribution is 2.30. The number of hydrogen-bond acceptors (Lipinski definition) is 6. The van der Waals surface area contributed by atoms with Gasteiger partial charge in [0.1, 0.15) is 11.9 Å². The molecule has 0 aliphatic carbocycles. The van der Waals surface area contributed by atoms with Crippen molar-refractivity contribution in [1.29, 1.82) is 0 Å². The van der Waals surface area contributed by atoms with E-state index < -0.39 is 0 Å². The van der Waals surface area contributed by atoms with E-state index in [9.17, 15) is 14.4 Å². The van der Waals surface area contributed by atoms with E-state index in [4.69, 9.17) is 21.3 Å². The van der Waals surface area contributed by atoms with Crippen molar-refractivity contribution >= 4 is 35.1 Å². The van der Waals surface area contributed by atoms with Crippen LogP contribution in [0.3, 0.4) is 0 Å². The number of carbonyl (C=O) groups is 2. The number of esters is 1. The van der Waals surface area contributed by atoms with Gasteiger partial charge in [0.05, 0.1) is 18.2 Å². The van der Waals surface area contributed by atoms with E-state index in [0.717, 1.165) is 49.9 Å². The first-order valence-corrected chi connectivity index (χ1v) is 14.9. The maximum absolute atomic E-state index is 13.9. The summed E-state index contributed by atoms with van der Waals surface area (Å²) in [5.74, 6) is 0.810. The molecule has 0 saturated carbocycles. The van der Waals surface area contributed by atoms with Crippen LogP contribution in [0.2, 0.25) is 5.02 Å². The number of ether oxygens (including phenoxy) is 1. The molecular weight excluding hydrogens is 530 g/mol. The van der Waals surface area contributed by atoms with Gasteiger partial charge in [-0.15, -0.1) is 0 Å². The van der Waals surface area contributed by atoms with Crippen LogP contribution in [-0.4, -0.2) is 63.0 Å². The quantitative estimate of drug-likeness (QED) is 0.273. The molecule has 10 heteroatoms. The Kier molecular flexibility index (Phi) is 8.78. The van der Waals surface area contributed by atoms with Crippen molar-refractivity contribution in [3.8, 4) is 11.3 Å². The maximum atomic E-state index is 13.9. The largest absolute Gasteiger partial charge is 0.466 e. The normalized spacial score (nSPS) is 19.4. The highest BCUT2D eigenvalue weighted by atomic mass is 35.5. The van der Waals surface area contributed by atoms with Crippen LogP contribution >= 0.6 is 11.6 Å². The van der Waals surface area contributed by atoms with Gasteiger partial charge in [-0.3, -0.25) is 23.4 Å². The van der Waals surface area contributed by atoms with Gasteiger partial charge < -0.3 is 14.5 Å². The van der Waals surface area contributed by atoms with Crippen LogP contribution in [0.4, 0.5) is 5.82 Å². The topological polar surface area (TPSA) is 89.1 Å². The number of benzene rings is 1. The molecule has 1 amide bonds. The smallest absolute Gasteiger partial charge is 0.310 e. The molecule has 9 nitrogen and oxygen atoms in total. The van der Waals surface area contributed by atoms with E-state index in [1.165, 1.54) is 0 Å². The van der Waals surface area contributed by atoms with Gasteiger partial charge in [-0.2, -0.15) is 0 Å². The first kappa shape index (κ1) is 28.2. The Hall–Kier alpha value is -3.33. The van der Waals surface area contributed by atoms with Gasteiger partial charge in [-0.25, -0.2) is 4.98 Å². The molecule has 4 heterocycles. The highest BCUT2D eigenvalue weighted by molar-refractivity contribution is 6.30. The van der Waals surface area contributed by atoms with Gasteiger partial charge in [0.15, 0.2) is 0 Å². The molecule has 2 aliphatic rings. The number of carbonyl (C=O) groups excluding carboxylic acids is 2. The number of likely N-dealkylation sites (tertiary alicyclic amines) is 1. The van der Waals surface area contributed by atoms with Gasteiger partial charge in [-0.1, -0.05) is 43.5 Å². The van der Waals surface area contributed by atoms with Crippen molar-refractivity contribution in [2.24, 2.45) is 5.92 Å². The number of piperidine rings is 1. The lowest BCUT2D eigenvalue weighted by atomic mass is 9.97. The molecule has 2 aliphatic heterocycles. The van der Waals surface area contributed by atoms with Crippen molar-refractivity contribution in [2.75, 3.05) is 31.1 Å². The summed E-state index contributed by atoms with van der Waals surface area (Å²) in [4.78, 5) is 48.5. The monoisotopic (exact) mass is 567 g/mol. The van der Waals surface area contributed by atoms with Crippen molar-refractivity contribution in [2.45, 2.75) is 71.4 Å². The summed E-state index contributed by atoms with van der Waals surface area (Å²) in [7, 11) is 0. The van der Waals surface area contributed by atoms with Crippen LogP contribution in [0.15, 0.2) is 41.3 Å². The summed E-state index contributed by atoms with van der Waals surface area (Å²) in [6, 6.07) is 8.68. The van der Waals surface area contributed by atoms with Gasteiger partial charge >= 0.3 is 5.97 Å². The fourth-order valence-corrected chi connectivity index (χ4v) is 6.08. The molecule has 0 spiro atoms. The Morgan fingerprint density at radius 3 is 2.60 bits per heavy atom. The molecule has 40 heavy (non-hydrogen) atoms. The van der Waals surface area contributed by atoms with Crippen molar-refractivity contribution < 1.29 is 14.3 Å². The summed E-state index contributed by atoms with van der Waals surface area (Å²) >= 11 is 6.09. The minimum atomic E-state index is -0.383. The Labute approximate surface area is 239 Å². The third kappa shape index (κ3) is 5.75. The van der Waals surface area contributed by atoms with Crippen LogP contribution in [0.25, 0.3) is 17.0 Å². The minimum absolute atomic E-state index is 0.0177. The predicted molar refractivity (Wildman–Crippen MR) is 156 cm³/mol. The van der Waals surface area contributed by atoms with E-state index in [0.29, 0.717) is 55.7 Å². The average Bonchev–Trinajstić information content (AvgIpc) is 3.63. The Balaban J connectivity index is 1.49. The predicted octanol–water partition coefficient (Wildman–Crippen LogP) is 4.78. The number of halogens is 1. The van der Waals surface area contributed by atoms with Gasteiger partial charge in [0.25, 0.3) is 5.56 Å². The molecule has 3 aromatic rings. The molecule has 2 atom stereocenters. The van der Waals surface area contributed by atoms with Crippen molar-refractivity contribution in [3.05, 3.63) is 51.9 Å². The SMILES string of the molecule is CCCCCn1c(N2CCC[C@H]2C(=O)N2CCCC(C(=O)OCC)C2)cc(=O)n2cc(-c3ccc(Cl)cc3)nc12. The first-order valence-electron chi connectivity index (χ1n) is 14.5. The van der Waals surface area contributed by atoms with E-state index in [1.807, 2.05) is 29.2 Å². The Morgan fingerprint density at radius 1 is 1.07 bits per heavy atom. The summed E-state index contributed by atoms with van der Waals surface area (Å²) in [5.41, 5.74) is 1.40. The number of aryl methyl sites for hydroxylation is 1. The third-order valence-corrected chi connectivity index (χ3v) is 8.26. The number of imidazole rings is 1. The summed E-state index contributed by atoms with van der Waals surface area (Å²) in [6.07, 6.45) is 7.90. The number of unbranched alkanes of at least 4 members (excludes halogenated alkanes) is 2. The van der Waals surface area contributed by atoms with Crippen LogP contribution in [0, 0.1) is 5.92 Å². The summed E-state index contributed by atoms with van der Waals surface area (Å²) in [5, 5.41) is 0.640. The molecule has 1 unspecified atom stereocenters. The van der Waals surface area contributed by atoms with Gasteiger partial charge in [-0.05, 0) is 51.2 Å². The van der Waals surface area contributed by atoms with E-state index in [1.54, 1.807) is 23.6 Å². The zero-order chi connectivity index (χ0) is 28.2. The number of hydrogen-bond donors (Lipinski definition) is 0. The van der Waals surface area contributed by atoms with E-state index in [-0.39, 0.29) is 29.4 Å². The Morgan fingerprint density at radius 2 is 1.85 bits per heavy atom. The number of amides is 1. The maximum Gasteiger partial charge on any atom is 0.310 e. The van der Waals surface area contributed by atoms with Crippen LogP contribution < -0.4 is 10.5 Å². The molecular formula is C30H38ClN5O4. The van der Waals surface area contributed by atoms with Crippen LogP contribution in [-0.2, 0) is 20.9 Å². The first-order chi connectivity index (χ1) is 19.4. The third-order valence-electron chi connectivity index (χ3n) is 8.01. The second-order valence-corrected chi connectivity index (χ2v) is 11.2. The second kappa shape index (κ2) is 12.5. The van der Waals surface area contributed by atoms with Crippen molar-refractivity contribution in [3.63, 3.8) is 0 Å². The fourth-order valence-electron chi connectivity index (χ4n) is 5.95. The molecule has 2 fully saturated rings. The highest BCUT2D eigenvalue weighted by Gasteiger charge is 2.38. The fraction of sp³-hybridized carbons (Fsp3) is 0.533. The van der Waals surface area contributed by atoms with Crippen molar-refractivity contribution in [1.82, 2.24) is 18.9 Å². The lowest BCUT2D eigenvalue weighted by Crippen LogP contribution is -2.51. The zero-order valence-electron chi connectivity index (χ0n) is 23.4. The molecule has 2 saturated heterocycles. The summed E-state index contributed by atoms with van der Waals surface area (Å²) < 4.78 is 8.94. The van der Waals surface area contributed by atoms with Crippen LogP contribution in [0.5, 0.6) is 0 Å². The number of fused-ring (bicyclic) bond motifs is 1. The van der Waals surface area contributed by atoms with E-state index in [2.05, 4.69) is 16.4 Å². The average molecular weight is 568 g/mol. The lowest BCUT2D eigenvalue weighted by Gasteiger charge is -2.36. The summed E-state index contributed by atoms with van der Waals surface area (Å²) in [6.45, 7) is 6.69. The van der Waals surface area contributed by atoms with E-state index >= 15 is 0 Å². The zero-order valence-corrected chi connectivity index (χ0v) is 24.1. The van der Waals surface area contributed by atoms with Gasteiger partial charge in [0, 0.05) is 49.0 Å². The molecule has 5 rings (SSSR count).